The molecule has 6 heteroatoms. The van der Waals surface area contributed by atoms with Crippen LogP contribution in [0.25, 0.3) is 32.3 Å². The lowest BCUT2D eigenvalue weighted by Gasteiger charge is -2.13. The smallest absolute Gasteiger partial charge is 0.449 e. The van der Waals surface area contributed by atoms with Gasteiger partial charge in [0.2, 0.25) is 0 Å². The Kier molecular flexibility index (Phi) is 2.93. The molecule has 24 heavy (non-hydrogen) atoms. The van der Waals surface area contributed by atoms with Gasteiger partial charge in [-0.2, -0.15) is 0 Å². The van der Waals surface area contributed by atoms with Gasteiger partial charge in [0.15, 0.2) is 0 Å². The first-order chi connectivity index (χ1) is 11.5. The average molecular weight is 322 g/mol. The van der Waals surface area contributed by atoms with Gasteiger partial charge in [0, 0.05) is 0 Å². The van der Waals surface area contributed by atoms with Gasteiger partial charge in [-0.1, -0.05) is 24.3 Å². The summed E-state index contributed by atoms with van der Waals surface area (Å²) in [5.74, 6) is 0.506. The minimum absolute atomic E-state index is 0.253. The first kappa shape index (κ1) is 14.1. The van der Waals surface area contributed by atoms with E-state index < -0.39 is 12.3 Å². The van der Waals surface area contributed by atoms with E-state index in [9.17, 15) is 9.59 Å². The zero-order valence-corrected chi connectivity index (χ0v) is 12.1. The van der Waals surface area contributed by atoms with Crippen LogP contribution in [0.2, 0.25) is 0 Å². The molecule has 4 rings (SSSR count). The van der Waals surface area contributed by atoms with E-state index >= 15 is 0 Å². The molecule has 0 radical (unpaired) electrons. The summed E-state index contributed by atoms with van der Waals surface area (Å²) in [7, 11) is 0. The lowest BCUT2D eigenvalue weighted by molar-refractivity contribution is 0.143. The number of benzene rings is 4. The SMILES string of the molecule is O=C(O)Oc1cc2ccc3cc(OC(=O)O)cc4ccc(c1)c2c34. The van der Waals surface area contributed by atoms with Crippen molar-refractivity contribution >= 4 is 44.6 Å². The molecule has 0 fully saturated rings. The second kappa shape index (κ2) is 4.99. The number of carbonyl (C=O) groups is 2. The highest BCUT2D eigenvalue weighted by Gasteiger charge is 2.13. The third kappa shape index (κ3) is 2.21. The summed E-state index contributed by atoms with van der Waals surface area (Å²) in [5.41, 5.74) is 0. The van der Waals surface area contributed by atoms with E-state index in [1.165, 1.54) is 0 Å². The summed E-state index contributed by atoms with van der Waals surface area (Å²) < 4.78 is 9.52. The molecule has 0 saturated carbocycles. The number of hydrogen-bond acceptors (Lipinski definition) is 4. The quantitative estimate of drug-likeness (QED) is 0.316. The molecule has 0 unspecified atom stereocenters. The molecule has 0 amide bonds. The highest BCUT2D eigenvalue weighted by atomic mass is 16.7. The number of ether oxygens (including phenoxy) is 2. The predicted molar refractivity (Wildman–Crippen MR) is 87.5 cm³/mol. The summed E-state index contributed by atoms with van der Waals surface area (Å²) in [6.45, 7) is 0. The van der Waals surface area contributed by atoms with Crippen molar-refractivity contribution in [2.24, 2.45) is 0 Å². The highest BCUT2D eigenvalue weighted by Crippen LogP contribution is 2.38. The van der Waals surface area contributed by atoms with Crippen LogP contribution in [0, 0.1) is 0 Å². The van der Waals surface area contributed by atoms with Gasteiger partial charge in [0.05, 0.1) is 0 Å². The van der Waals surface area contributed by atoms with Crippen molar-refractivity contribution in [3.63, 3.8) is 0 Å². The summed E-state index contributed by atoms with van der Waals surface area (Å²) in [6.07, 6.45) is -2.73. The van der Waals surface area contributed by atoms with Gasteiger partial charge in [-0.25, -0.2) is 9.59 Å². The fraction of sp³-hybridized carbons (Fsp3) is 0. The van der Waals surface area contributed by atoms with Crippen LogP contribution in [0.5, 0.6) is 11.5 Å². The van der Waals surface area contributed by atoms with E-state index in [0.717, 1.165) is 32.3 Å². The van der Waals surface area contributed by atoms with Crippen LogP contribution >= 0.6 is 0 Å². The maximum atomic E-state index is 10.8. The number of hydrogen-bond donors (Lipinski definition) is 2. The Balaban J connectivity index is 2.02. The van der Waals surface area contributed by atoms with Crippen LogP contribution in [0.15, 0.2) is 48.5 Å². The Morgan fingerprint density at radius 1 is 0.625 bits per heavy atom. The van der Waals surface area contributed by atoms with Crippen LogP contribution in [0.1, 0.15) is 0 Å². The maximum absolute atomic E-state index is 10.8. The first-order valence-electron chi connectivity index (χ1n) is 7.05. The molecular formula is C18H10O6. The zero-order valence-electron chi connectivity index (χ0n) is 12.1. The molecule has 0 spiro atoms. The van der Waals surface area contributed by atoms with Crippen molar-refractivity contribution in [2.45, 2.75) is 0 Å². The van der Waals surface area contributed by atoms with Crippen LogP contribution in [-0.2, 0) is 0 Å². The normalized spacial score (nSPS) is 11.2. The molecule has 2 N–H and O–H groups in total. The highest BCUT2D eigenvalue weighted by molar-refractivity contribution is 6.23. The van der Waals surface area contributed by atoms with Gasteiger partial charge in [0.25, 0.3) is 0 Å². The van der Waals surface area contributed by atoms with Crippen LogP contribution < -0.4 is 9.47 Å². The fourth-order valence-electron chi connectivity index (χ4n) is 3.10. The molecule has 0 heterocycles. The Labute approximate surface area is 134 Å². The summed E-state index contributed by atoms with van der Waals surface area (Å²) >= 11 is 0. The van der Waals surface area contributed by atoms with Gasteiger partial charge in [-0.15, -0.1) is 0 Å². The van der Waals surface area contributed by atoms with Crippen molar-refractivity contribution in [3.8, 4) is 11.5 Å². The molecule has 0 bridgehead atoms. The van der Waals surface area contributed by atoms with Crippen LogP contribution in [-0.4, -0.2) is 22.5 Å². The van der Waals surface area contributed by atoms with Crippen LogP contribution in [0.3, 0.4) is 0 Å². The summed E-state index contributed by atoms with van der Waals surface area (Å²) in [4.78, 5) is 21.5. The molecule has 0 aliphatic rings. The molecule has 118 valence electrons. The average Bonchev–Trinajstić information content (AvgIpc) is 2.50. The van der Waals surface area contributed by atoms with Crippen molar-refractivity contribution < 1.29 is 29.3 Å². The van der Waals surface area contributed by atoms with Crippen molar-refractivity contribution in [2.75, 3.05) is 0 Å². The van der Waals surface area contributed by atoms with E-state index in [0.29, 0.717) is 0 Å². The second-order valence-corrected chi connectivity index (χ2v) is 5.36. The first-order valence-corrected chi connectivity index (χ1v) is 7.05. The molecule has 0 saturated heterocycles. The lowest BCUT2D eigenvalue weighted by atomic mass is 9.94. The molecule has 0 aliphatic carbocycles. The maximum Gasteiger partial charge on any atom is 0.511 e. The molecule has 0 aromatic heterocycles. The van der Waals surface area contributed by atoms with Gasteiger partial charge >= 0.3 is 12.3 Å². The predicted octanol–water partition coefficient (Wildman–Crippen LogP) is 4.70. The Morgan fingerprint density at radius 2 is 0.917 bits per heavy atom. The summed E-state index contributed by atoms with van der Waals surface area (Å²) in [5, 5.41) is 22.9. The Hall–Kier alpha value is -3.54. The monoisotopic (exact) mass is 322 g/mol. The van der Waals surface area contributed by atoms with Crippen LogP contribution in [0.4, 0.5) is 9.59 Å². The summed E-state index contributed by atoms with van der Waals surface area (Å²) in [6, 6.07) is 14.0. The molecule has 6 nitrogen and oxygen atoms in total. The number of carboxylic acid groups (broad SMARTS) is 2. The van der Waals surface area contributed by atoms with E-state index in [2.05, 4.69) is 0 Å². The van der Waals surface area contributed by atoms with E-state index in [1.54, 1.807) is 24.3 Å². The molecular weight excluding hydrogens is 312 g/mol. The van der Waals surface area contributed by atoms with Gasteiger partial charge in [0.1, 0.15) is 11.5 Å². The minimum atomic E-state index is -1.36. The van der Waals surface area contributed by atoms with E-state index in [4.69, 9.17) is 19.7 Å². The second-order valence-electron chi connectivity index (χ2n) is 5.36. The third-order valence-electron chi connectivity index (χ3n) is 3.89. The molecule has 4 aromatic rings. The minimum Gasteiger partial charge on any atom is -0.449 e. The van der Waals surface area contributed by atoms with Gasteiger partial charge < -0.3 is 19.7 Å². The fourth-order valence-corrected chi connectivity index (χ4v) is 3.10. The standard InChI is InChI=1S/C18H10O6/c19-17(20)23-13-5-9-1-2-10-6-14(24-18(21)22)8-12-4-3-11(7-13)15(9)16(10)12/h1-8H,(H,19,20)(H,21,22). The van der Waals surface area contributed by atoms with Gasteiger partial charge in [-0.05, 0) is 56.6 Å². The topological polar surface area (TPSA) is 93.1 Å². The van der Waals surface area contributed by atoms with E-state index in [1.807, 2.05) is 24.3 Å². The molecule has 0 aliphatic heterocycles. The Morgan fingerprint density at radius 3 is 1.17 bits per heavy atom. The van der Waals surface area contributed by atoms with E-state index in [-0.39, 0.29) is 11.5 Å². The zero-order chi connectivity index (χ0) is 16.8. The number of rotatable bonds is 2. The van der Waals surface area contributed by atoms with Crippen molar-refractivity contribution in [1.82, 2.24) is 0 Å². The lowest BCUT2D eigenvalue weighted by Crippen LogP contribution is -2.03. The van der Waals surface area contributed by atoms with Gasteiger partial charge in [-0.3, -0.25) is 0 Å². The molecule has 0 atom stereocenters. The molecule has 4 aromatic carbocycles. The third-order valence-corrected chi connectivity index (χ3v) is 3.89. The Bertz CT molecular complexity index is 959. The largest absolute Gasteiger partial charge is 0.511 e. The van der Waals surface area contributed by atoms with Crippen molar-refractivity contribution in [3.05, 3.63) is 48.5 Å². The van der Waals surface area contributed by atoms with Crippen molar-refractivity contribution in [1.29, 1.82) is 0 Å².